The Morgan fingerprint density at radius 2 is 2.17 bits per heavy atom. The van der Waals surface area contributed by atoms with Crippen LogP contribution in [0.4, 0.5) is 13.2 Å². The summed E-state index contributed by atoms with van der Waals surface area (Å²) in [4.78, 5) is 11.6. The normalized spacial score (nSPS) is 13.1. The molecule has 0 radical (unpaired) electrons. The molecule has 2 heterocycles. The van der Waals surface area contributed by atoms with Crippen LogP contribution in [0.25, 0.3) is 0 Å². The zero-order valence-electron chi connectivity index (χ0n) is 12.9. The van der Waals surface area contributed by atoms with Crippen molar-refractivity contribution in [3.8, 4) is 0 Å². The quantitative estimate of drug-likeness (QED) is 0.886. The van der Waals surface area contributed by atoms with E-state index in [1.54, 1.807) is 16.8 Å². The Morgan fingerprint density at radius 1 is 1.43 bits per heavy atom. The molecular formula is C15H18F3N3O2. The van der Waals surface area contributed by atoms with Crippen LogP contribution >= 0.6 is 0 Å². The monoisotopic (exact) mass is 329 g/mol. The number of nitrogens with one attached hydrogen (secondary N) is 1. The van der Waals surface area contributed by atoms with E-state index in [1.165, 1.54) is 6.26 Å². The maximum absolute atomic E-state index is 12.1. The second kappa shape index (κ2) is 6.89. The molecule has 0 aliphatic carbocycles. The third-order valence-corrected chi connectivity index (χ3v) is 3.34. The zero-order valence-corrected chi connectivity index (χ0v) is 12.9. The number of furan rings is 1. The molecular weight excluding hydrogens is 311 g/mol. The van der Waals surface area contributed by atoms with Crippen molar-refractivity contribution in [3.63, 3.8) is 0 Å². The molecule has 1 unspecified atom stereocenters. The number of nitrogens with zero attached hydrogens (tertiary/aromatic N) is 2. The lowest BCUT2D eigenvalue weighted by molar-refractivity contribution is -0.144. The van der Waals surface area contributed by atoms with Crippen molar-refractivity contribution in [2.75, 3.05) is 6.54 Å². The average molecular weight is 329 g/mol. The smallest absolute Gasteiger partial charge is 0.389 e. The minimum absolute atomic E-state index is 0.103. The van der Waals surface area contributed by atoms with Gasteiger partial charge in [-0.2, -0.15) is 18.3 Å². The molecule has 2 rings (SSSR count). The number of aryl methyl sites for hydroxylation is 2. The lowest BCUT2D eigenvalue weighted by Crippen LogP contribution is -2.32. The van der Waals surface area contributed by atoms with Crippen LogP contribution in [0, 0.1) is 13.8 Å². The van der Waals surface area contributed by atoms with Crippen LogP contribution in [-0.4, -0.2) is 28.4 Å². The molecule has 2 aromatic rings. The molecule has 0 saturated carbocycles. The highest BCUT2D eigenvalue weighted by atomic mass is 19.4. The summed E-state index contributed by atoms with van der Waals surface area (Å²) < 4.78 is 43.5. The summed E-state index contributed by atoms with van der Waals surface area (Å²) in [6.45, 7) is 3.80. The van der Waals surface area contributed by atoms with Crippen LogP contribution in [0.2, 0.25) is 0 Å². The van der Waals surface area contributed by atoms with Gasteiger partial charge < -0.3 is 9.73 Å². The highest BCUT2D eigenvalue weighted by molar-refractivity contribution is 5.75. The summed E-state index contributed by atoms with van der Waals surface area (Å²) in [6.07, 6.45) is -4.57. The van der Waals surface area contributed by atoms with E-state index >= 15 is 0 Å². The van der Waals surface area contributed by atoms with E-state index in [0.29, 0.717) is 5.76 Å². The molecule has 1 amide bonds. The predicted molar refractivity (Wildman–Crippen MR) is 76.8 cm³/mol. The Bertz CT molecular complexity index is 647. The summed E-state index contributed by atoms with van der Waals surface area (Å²) in [6, 6.07) is 4.91. The van der Waals surface area contributed by atoms with Crippen molar-refractivity contribution in [2.24, 2.45) is 0 Å². The third-order valence-electron chi connectivity index (χ3n) is 3.34. The molecule has 2 aromatic heterocycles. The van der Waals surface area contributed by atoms with E-state index in [0.717, 1.165) is 11.4 Å². The van der Waals surface area contributed by atoms with Gasteiger partial charge in [-0.15, -0.1) is 0 Å². The molecule has 5 nitrogen and oxygen atoms in total. The predicted octanol–water partition coefficient (Wildman–Crippen LogP) is 3.14. The molecule has 0 aliphatic heterocycles. The zero-order chi connectivity index (χ0) is 17.0. The van der Waals surface area contributed by atoms with Gasteiger partial charge in [0.2, 0.25) is 5.91 Å². The van der Waals surface area contributed by atoms with Crippen molar-refractivity contribution in [3.05, 3.63) is 41.6 Å². The molecule has 0 aliphatic rings. The number of amides is 1. The van der Waals surface area contributed by atoms with E-state index < -0.39 is 31.0 Å². The van der Waals surface area contributed by atoms with Crippen LogP contribution in [0.15, 0.2) is 28.9 Å². The second-order valence-electron chi connectivity index (χ2n) is 5.32. The van der Waals surface area contributed by atoms with E-state index in [4.69, 9.17) is 4.42 Å². The molecule has 0 saturated heterocycles. The van der Waals surface area contributed by atoms with Crippen LogP contribution in [0.1, 0.15) is 36.0 Å². The van der Waals surface area contributed by atoms with Crippen molar-refractivity contribution in [1.82, 2.24) is 15.1 Å². The highest BCUT2D eigenvalue weighted by Gasteiger charge is 2.28. The minimum atomic E-state index is -4.34. The molecule has 1 N–H and O–H groups in total. The Balaban J connectivity index is 2.05. The SMILES string of the molecule is Cc1cc(C)n(C(CNC(=O)CCC(F)(F)F)c2ccco2)n1. The van der Waals surface area contributed by atoms with Crippen molar-refractivity contribution in [1.29, 1.82) is 0 Å². The Hall–Kier alpha value is -2.25. The molecule has 126 valence electrons. The number of aromatic nitrogens is 2. The maximum Gasteiger partial charge on any atom is 0.389 e. The lowest BCUT2D eigenvalue weighted by Gasteiger charge is -2.18. The average Bonchev–Trinajstić information content (AvgIpc) is 3.07. The van der Waals surface area contributed by atoms with Gasteiger partial charge in [0.15, 0.2) is 0 Å². The van der Waals surface area contributed by atoms with Gasteiger partial charge in [0.1, 0.15) is 11.8 Å². The van der Waals surface area contributed by atoms with Gasteiger partial charge in [0.05, 0.1) is 18.4 Å². The van der Waals surface area contributed by atoms with Gasteiger partial charge in [-0.1, -0.05) is 0 Å². The minimum Gasteiger partial charge on any atom is -0.467 e. The molecule has 1 atom stereocenters. The van der Waals surface area contributed by atoms with Gasteiger partial charge in [-0.3, -0.25) is 9.48 Å². The first-order valence-electron chi connectivity index (χ1n) is 7.16. The highest BCUT2D eigenvalue weighted by Crippen LogP contribution is 2.22. The summed E-state index contributed by atoms with van der Waals surface area (Å²) >= 11 is 0. The third kappa shape index (κ3) is 4.87. The Morgan fingerprint density at radius 3 is 2.70 bits per heavy atom. The number of alkyl halides is 3. The largest absolute Gasteiger partial charge is 0.467 e. The van der Waals surface area contributed by atoms with Gasteiger partial charge in [0.25, 0.3) is 0 Å². The molecule has 0 bridgehead atoms. The number of carbonyl (C=O) groups excluding carboxylic acids is 1. The molecule has 0 fully saturated rings. The molecule has 0 spiro atoms. The fourth-order valence-electron chi connectivity index (χ4n) is 2.30. The molecule has 23 heavy (non-hydrogen) atoms. The maximum atomic E-state index is 12.1. The molecule has 8 heteroatoms. The number of halogens is 3. The molecule has 0 aromatic carbocycles. The number of hydrogen-bond acceptors (Lipinski definition) is 3. The van der Waals surface area contributed by atoms with Crippen molar-refractivity contribution in [2.45, 2.75) is 38.9 Å². The Labute approximate surface area is 131 Å². The van der Waals surface area contributed by atoms with Gasteiger partial charge in [-0.05, 0) is 32.0 Å². The summed E-state index contributed by atoms with van der Waals surface area (Å²) in [5.74, 6) is -0.0762. The summed E-state index contributed by atoms with van der Waals surface area (Å²) in [7, 11) is 0. The Kier molecular flexibility index (Phi) is 5.12. The van der Waals surface area contributed by atoms with Crippen molar-refractivity contribution >= 4 is 5.91 Å². The van der Waals surface area contributed by atoms with E-state index in [-0.39, 0.29) is 6.54 Å². The van der Waals surface area contributed by atoms with Crippen LogP contribution in [-0.2, 0) is 4.79 Å². The fraction of sp³-hybridized carbons (Fsp3) is 0.467. The number of hydrogen-bond donors (Lipinski definition) is 1. The second-order valence-corrected chi connectivity index (χ2v) is 5.32. The van der Waals surface area contributed by atoms with Crippen molar-refractivity contribution < 1.29 is 22.4 Å². The standard InChI is InChI=1S/C15H18F3N3O2/c1-10-8-11(2)21(20-10)12(13-4-3-7-23-13)9-19-14(22)5-6-15(16,17)18/h3-4,7-8,12H,5-6,9H2,1-2H3,(H,19,22). The lowest BCUT2D eigenvalue weighted by atomic mass is 10.2. The van der Waals surface area contributed by atoms with E-state index in [2.05, 4.69) is 10.4 Å². The van der Waals surface area contributed by atoms with E-state index in [9.17, 15) is 18.0 Å². The van der Waals surface area contributed by atoms with Gasteiger partial charge in [0, 0.05) is 18.7 Å². The van der Waals surface area contributed by atoms with Gasteiger partial charge >= 0.3 is 6.18 Å². The summed E-state index contributed by atoms with van der Waals surface area (Å²) in [5.41, 5.74) is 1.68. The topological polar surface area (TPSA) is 60.1 Å². The summed E-state index contributed by atoms with van der Waals surface area (Å²) in [5, 5.41) is 6.87. The van der Waals surface area contributed by atoms with Crippen LogP contribution < -0.4 is 5.32 Å². The van der Waals surface area contributed by atoms with Crippen LogP contribution in [0.5, 0.6) is 0 Å². The van der Waals surface area contributed by atoms with Crippen LogP contribution in [0.3, 0.4) is 0 Å². The fourth-order valence-corrected chi connectivity index (χ4v) is 2.30. The first kappa shape index (κ1) is 17.1. The van der Waals surface area contributed by atoms with E-state index in [1.807, 2.05) is 19.9 Å². The first-order valence-corrected chi connectivity index (χ1v) is 7.16. The first-order chi connectivity index (χ1) is 10.8. The number of rotatable bonds is 6. The number of carbonyl (C=O) groups is 1. The van der Waals surface area contributed by atoms with Gasteiger partial charge in [-0.25, -0.2) is 0 Å².